The first-order valence-electron chi connectivity index (χ1n) is 7.48. The maximum Gasteiger partial charge on any atom is 0.239 e. The first-order chi connectivity index (χ1) is 8.61. The highest BCUT2D eigenvalue weighted by Gasteiger charge is 2.32. The summed E-state index contributed by atoms with van der Waals surface area (Å²) < 4.78 is 0. The number of amides is 1. The molecule has 0 fully saturated rings. The molecule has 0 spiro atoms. The molecule has 0 aliphatic rings. The van der Waals surface area contributed by atoms with E-state index in [9.17, 15) is 4.79 Å². The van der Waals surface area contributed by atoms with Gasteiger partial charge in [0.05, 0.1) is 0 Å². The van der Waals surface area contributed by atoms with Crippen LogP contribution in [-0.4, -0.2) is 34.6 Å². The second-order valence-corrected chi connectivity index (χ2v) is 8.79. The third-order valence-electron chi connectivity index (χ3n) is 2.53. The van der Waals surface area contributed by atoms with Crippen molar-refractivity contribution >= 4 is 5.91 Å². The van der Waals surface area contributed by atoms with Crippen LogP contribution in [0.25, 0.3) is 0 Å². The lowest BCUT2D eigenvalue weighted by atomic mass is 9.98. The highest BCUT2D eigenvalue weighted by molar-refractivity contribution is 5.83. The zero-order valence-corrected chi connectivity index (χ0v) is 15.1. The second-order valence-electron chi connectivity index (χ2n) is 8.79. The monoisotopic (exact) mass is 285 g/mol. The minimum absolute atomic E-state index is 0.0285. The third-order valence-corrected chi connectivity index (χ3v) is 2.53. The van der Waals surface area contributed by atoms with Gasteiger partial charge in [-0.3, -0.25) is 10.1 Å². The molecule has 120 valence electrons. The molecule has 0 aliphatic heterocycles. The number of nitrogens with one attached hydrogen (secondary N) is 3. The molecule has 0 aliphatic carbocycles. The summed E-state index contributed by atoms with van der Waals surface area (Å²) in [5.74, 6) is 0.0386. The number of carbonyl (C=O) groups is 1. The average molecular weight is 285 g/mol. The summed E-state index contributed by atoms with van der Waals surface area (Å²) in [4.78, 5) is 12.6. The van der Waals surface area contributed by atoms with Gasteiger partial charge in [0.1, 0.15) is 6.04 Å². The fraction of sp³-hybridized carbons (Fsp3) is 0.938. The fourth-order valence-electron chi connectivity index (χ4n) is 2.10. The van der Waals surface area contributed by atoms with Gasteiger partial charge in [0, 0.05) is 22.7 Å². The Bertz CT molecular complexity index is 318. The maximum absolute atomic E-state index is 12.6. The molecule has 0 bridgehead atoms. The smallest absolute Gasteiger partial charge is 0.239 e. The summed E-state index contributed by atoms with van der Waals surface area (Å²) in [6.45, 7) is 20.6. The lowest BCUT2D eigenvalue weighted by molar-refractivity contribution is -0.125. The molecule has 3 N–H and O–H groups in total. The summed E-state index contributed by atoms with van der Waals surface area (Å²) in [6.07, 6.45) is 0. The summed E-state index contributed by atoms with van der Waals surface area (Å²) in [7, 11) is 0. The van der Waals surface area contributed by atoms with Gasteiger partial charge in [0.2, 0.25) is 5.91 Å². The molecule has 0 radical (unpaired) electrons. The van der Waals surface area contributed by atoms with Crippen LogP contribution in [0, 0.1) is 0 Å². The molecule has 2 atom stereocenters. The Labute approximate surface area is 125 Å². The van der Waals surface area contributed by atoms with Crippen LogP contribution in [0.5, 0.6) is 0 Å². The van der Waals surface area contributed by atoms with E-state index in [1.165, 1.54) is 0 Å². The van der Waals surface area contributed by atoms with Crippen LogP contribution >= 0.6 is 0 Å². The first kappa shape index (κ1) is 19.4. The van der Waals surface area contributed by atoms with Gasteiger partial charge in [-0.1, -0.05) is 0 Å². The molecule has 0 rings (SSSR count). The molecule has 20 heavy (non-hydrogen) atoms. The number of hydrogen-bond donors (Lipinski definition) is 3. The molecular formula is C16H35N3O. The van der Waals surface area contributed by atoms with Gasteiger partial charge in [-0.05, 0) is 69.2 Å². The Hall–Kier alpha value is -0.610. The van der Waals surface area contributed by atoms with Gasteiger partial charge >= 0.3 is 0 Å². The Balaban J connectivity index is 5.03. The topological polar surface area (TPSA) is 53.2 Å². The number of carbonyl (C=O) groups excluding carboxylic acids is 1. The predicted octanol–water partition coefficient (Wildman–Crippen LogP) is 2.43. The molecule has 0 saturated heterocycles. The van der Waals surface area contributed by atoms with Crippen molar-refractivity contribution in [1.82, 2.24) is 16.0 Å². The van der Waals surface area contributed by atoms with Gasteiger partial charge in [-0.2, -0.15) is 0 Å². The molecule has 0 heterocycles. The lowest BCUT2D eigenvalue weighted by Gasteiger charge is -2.37. The van der Waals surface area contributed by atoms with Crippen molar-refractivity contribution in [1.29, 1.82) is 0 Å². The quantitative estimate of drug-likeness (QED) is 0.743. The van der Waals surface area contributed by atoms with Crippen LogP contribution in [0.3, 0.4) is 0 Å². The first-order valence-corrected chi connectivity index (χ1v) is 7.48. The zero-order chi connectivity index (χ0) is 16.4. The molecule has 0 unspecified atom stereocenters. The molecule has 4 heteroatoms. The van der Waals surface area contributed by atoms with E-state index in [-0.39, 0.29) is 34.6 Å². The van der Waals surface area contributed by atoms with Crippen molar-refractivity contribution in [3.63, 3.8) is 0 Å². The molecule has 0 aromatic rings. The highest BCUT2D eigenvalue weighted by atomic mass is 16.2. The van der Waals surface area contributed by atoms with E-state index in [2.05, 4.69) is 64.4 Å². The molecule has 0 aromatic heterocycles. The van der Waals surface area contributed by atoms with Crippen molar-refractivity contribution in [3.05, 3.63) is 0 Å². The number of rotatable bonds is 4. The van der Waals surface area contributed by atoms with Crippen LogP contribution in [0.4, 0.5) is 0 Å². The van der Waals surface area contributed by atoms with E-state index in [1.54, 1.807) is 0 Å². The van der Waals surface area contributed by atoms with Crippen LogP contribution in [0.1, 0.15) is 69.2 Å². The Morgan fingerprint density at radius 1 is 0.750 bits per heavy atom. The van der Waals surface area contributed by atoms with Crippen molar-refractivity contribution < 1.29 is 4.79 Å². The average Bonchev–Trinajstić information content (AvgIpc) is 2.06. The van der Waals surface area contributed by atoms with E-state index in [1.807, 2.05) is 20.8 Å². The molecule has 1 amide bonds. The van der Waals surface area contributed by atoms with Gasteiger partial charge in [0.25, 0.3) is 0 Å². The Morgan fingerprint density at radius 3 is 1.45 bits per heavy atom. The van der Waals surface area contributed by atoms with Gasteiger partial charge in [0.15, 0.2) is 0 Å². The van der Waals surface area contributed by atoms with E-state index in [4.69, 9.17) is 0 Å². The van der Waals surface area contributed by atoms with E-state index in [0.717, 1.165) is 0 Å². The van der Waals surface area contributed by atoms with Crippen LogP contribution < -0.4 is 16.0 Å². The molecular weight excluding hydrogens is 250 g/mol. The van der Waals surface area contributed by atoms with Gasteiger partial charge in [-0.15, -0.1) is 0 Å². The fourth-order valence-corrected chi connectivity index (χ4v) is 2.10. The summed E-state index contributed by atoms with van der Waals surface area (Å²) in [5.41, 5.74) is -0.372. The normalized spacial score (nSPS) is 16.7. The Morgan fingerprint density at radius 2 is 1.15 bits per heavy atom. The SMILES string of the molecule is C[C@H](NC(C)(C)C)[C@H](NC(C)(C)C)C(=O)NC(C)(C)C. The van der Waals surface area contributed by atoms with Crippen LogP contribution in [0.15, 0.2) is 0 Å². The van der Waals surface area contributed by atoms with Crippen molar-refractivity contribution in [2.24, 2.45) is 0 Å². The lowest BCUT2D eigenvalue weighted by Crippen LogP contribution is -2.63. The summed E-state index contributed by atoms with van der Waals surface area (Å²) in [6, 6.07) is -0.231. The van der Waals surface area contributed by atoms with Crippen molar-refractivity contribution in [2.45, 2.75) is 97.9 Å². The minimum Gasteiger partial charge on any atom is -0.350 e. The van der Waals surface area contributed by atoms with E-state index in [0.29, 0.717) is 0 Å². The predicted molar refractivity (Wildman–Crippen MR) is 86.9 cm³/mol. The zero-order valence-electron chi connectivity index (χ0n) is 15.1. The largest absolute Gasteiger partial charge is 0.350 e. The van der Waals surface area contributed by atoms with Gasteiger partial charge in [-0.25, -0.2) is 0 Å². The Kier molecular flexibility index (Phi) is 6.24. The summed E-state index contributed by atoms with van der Waals surface area (Å²) in [5, 5.41) is 9.98. The van der Waals surface area contributed by atoms with Crippen LogP contribution in [0.2, 0.25) is 0 Å². The van der Waals surface area contributed by atoms with E-state index >= 15 is 0 Å². The molecule has 0 saturated carbocycles. The minimum atomic E-state index is -0.270. The molecule has 4 nitrogen and oxygen atoms in total. The summed E-state index contributed by atoms with van der Waals surface area (Å²) >= 11 is 0. The van der Waals surface area contributed by atoms with E-state index < -0.39 is 0 Å². The van der Waals surface area contributed by atoms with Crippen LogP contribution in [-0.2, 0) is 4.79 Å². The second kappa shape index (κ2) is 6.44. The maximum atomic E-state index is 12.6. The van der Waals surface area contributed by atoms with Crippen molar-refractivity contribution in [2.75, 3.05) is 0 Å². The standard InChI is InChI=1S/C16H35N3O/c1-11(17-14(2,3)4)12(18-15(5,6)7)13(20)19-16(8,9)10/h11-12,17-18H,1-10H3,(H,19,20)/t11-,12-/m0/s1. The number of hydrogen-bond acceptors (Lipinski definition) is 3. The van der Waals surface area contributed by atoms with Gasteiger partial charge < -0.3 is 10.6 Å². The third kappa shape index (κ3) is 9.32. The highest BCUT2D eigenvalue weighted by Crippen LogP contribution is 2.10. The molecule has 0 aromatic carbocycles. The van der Waals surface area contributed by atoms with Crippen molar-refractivity contribution in [3.8, 4) is 0 Å².